The lowest BCUT2D eigenvalue weighted by molar-refractivity contribution is 0.353. The molecule has 1 unspecified atom stereocenters. The van der Waals surface area contributed by atoms with Gasteiger partial charge in [-0.1, -0.05) is 6.92 Å². The minimum atomic E-state index is 0.657. The van der Waals surface area contributed by atoms with Crippen molar-refractivity contribution in [1.29, 1.82) is 0 Å². The van der Waals surface area contributed by atoms with Crippen molar-refractivity contribution in [1.82, 2.24) is 5.32 Å². The Morgan fingerprint density at radius 1 is 1.44 bits per heavy atom. The van der Waals surface area contributed by atoms with Crippen molar-refractivity contribution in [3.8, 4) is 12.3 Å². The van der Waals surface area contributed by atoms with E-state index in [2.05, 4.69) is 29.9 Å². The largest absolute Gasteiger partial charge is 0.314 e. The minimum absolute atomic E-state index is 0.657. The number of thioether (sulfide) groups is 1. The Morgan fingerprint density at radius 3 is 2.81 bits per heavy atom. The van der Waals surface area contributed by atoms with E-state index in [0.29, 0.717) is 6.04 Å². The fraction of sp³-hybridized carbons (Fsp3) is 0.857. The van der Waals surface area contributed by atoms with E-state index < -0.39 is 0 Å². The number of terminal acetylenes is 1. The molecule has 1 atom stereocenters. The second-order valence-electron chi connectivity index (χ2n) is 4.69. The van der Waals surface area contributed by atoms with Gasteiger partial charge in [-0.05, 0) is 56.1 Å². The highest BCUT2D eigenvalue weighted by Crippen LogP contribution is 2.27. The number of hydrogen-bond acceptors (Lipinski definition) is 2. The Morgan fingerprint density at radius 2 is 2.19 bits per heavy atom. The summed E-state index contributed by atoms with van der Waals surface area (Å²) in [5, 5.41) is 3.65. The molecule has 0 radical (unpaired) electrons. The standard InChI is InChI=1S/C14H25NS/c1-3-5-6-14(15-9-4-2)12-13-7-10-16-11-8-13/h1,13-15H,4-12H2,2H3. The average molecular weight is 239 g/mol. The second kappa shape index (κ2) is 8.96. The zero-order chi connectivity index (χ0) is 11.6. The van der Waals surface area contributed by atoms with Gasteiger partial charge in [0.05, 0.1) is 0 Å². The molecule has 1 nitrogen and oxygen atoms in total. The lowest BCUT2D eigenvalue weighted by atomic mass is 9.92. The maximum absolute atomic E-state index is 5.36. The van der Waals surface area contributed by atoms with Crippen molar-refractivity contribution in [2.24, 2.45) is 5.92 Å². The molecule has 0 aromatic carbocycles. The molecule has 2 heteroatoms. The smallest absolute Gasteiger partial charge is 0.0101 e. The minimum Gasteiger partial charge on any atom is -0.314 e. The van der Waals surface area contributed by atoms with Gasteiger partial charge in [-0.3, -0.25) is 0 Å². The van der Waals surface area contributed by atoms with Gasteiger partial charge >= 0.3 is 0 Å². The lowest BCUT2D eigenvalue weighted by Crippen LogP contribution is -2.32. The van der Waals surface area contributed by atoms with Crippen LogP contribution in [0.4, 0.5) is 0 Å². The van der Waals surface area contributed by atoms with Crippen LogP contribution >= 0.6 is 11.8 Å². The number of rotatable bonds is 7. The summed E-state index contributed by atoms with van der Waals surface area (Å²) in [6.07, 6.45) is 12.8. The zero-order valence-electron chi connectivity index (χ0n) is 10.5. The highest BCUT2D eigenvalue weighted by atomic mass is 32.2. The predicted molar refractivity (Wildman–Crippen MR) is 74.8 cm³/mol. The molecular formula is C14H25NS. The molecule has 0 saturated carbocycles. The van der Waals surface area contributed by atoms with Crippen LogP contribution < -0.4 is 5.32 Å². The molecule has 0 amide bonds. The third-order valence-electron chi connectivity index (χ3n) is 3.28. The van der Waals surface area contributed by atoms with Crippen LogP contribution in [0.5, 0.6) is 0 Å². The molecule has 1 rings (SSSR count). The number of hydrogen-bond donors (Lipinski definition) is 1. The first-order valence-corrected chi connectivity index (χ1v) is 7.76. The van der Waals surface area contributed by atoms with Crippen molar-refractivity contribution in [2.45, 2.75) is 51.5 Å². The van der Waals surface area contributed by atoms with E-state index in [1.165, 1.54) is 37.2 Å². The van der Waals surface area contributed by atoms with E-state index in [1.54, 1.807) is 0 Å². The Kier molecular flexibility index (Phi) is 7.80. The summed E-state index contributed by atoms with van der Waals surface area (Å²) in [6, 6.07) is 0.657. The van der Waals surface area contributed by atoms with Crippen molar-refractivity contribution < 1.29 is 0 Å². The van der Waals surface area contributed by atoms with E-state index in [1.807, 2.05) is 0 Å². The van der Waals surface area contributed by atoms with Crippen LogP contribution in [-0.4, -0.2) is 24.1 Å². The zero-order valence-corrected chi connectivity index (χ0v) is 11.3. The Bertz CT molecular complexity index is 203. The molecule has 92 valence electrons. The maximum atomic E-state index is 5.36. The third-order valence-corrected chi connectivity index (χ3v) is 4.33. The van der Waals surface area contributed by atoms with Crippen LogP contribution in [0, 0.1) is 18.3 Å². The van der Waals surface area contributed by atoms with Gasteiger partial charge in [0.1, 0.15) is 0 Å². The van der Waals surface area contributed by atoms with Crippen molar-refractivity contribution in [3.63, 3.8) is 0 Å². The molecule has 0 spiro atoms. The maximum Gasteiger partial charge on any atom is 0.0101 e. The van der Waals surface area contributed by atoms with E-state index in [-0.39, 0.29) is 0 Å². The molecule has 1 fully saturated rings. The molecular weight excluding hydrogens is 214 g/mol. The SMILES string of the molecule is C#CCCC(CC1CCSCC1)NCCC. The van der Waals surface area contributed by atoms with E-state index in [0.717, 1.165) is 25.3 Å². The van der Waals surface area contributed by atoms with E-state index in [4.69, 9.17) is 6.42 Å². The van der Waals surface area contributed by atoms with Crippen LogP contribution in [-0.2, 0) is 0 Å². The first-order valence-electron chi connectivity index (χ1n) is 6.61. The van der Waals surface area contributed by atoms with Gasteiger partial charge in [0, 0.05) is 12.5 Å². The summed E-state index contributed by atoms with van der Waals surface area (Å²) in [6.45, 7) is 3.36. The van der Waals surface area contributed by atoms with Crippen molar-refractivity contribution >= 4 is 11.8 Å². The number of nitrogens with one attached hydrogen (secondary N) is 1. The summed E-state index contributed by atoms with van der Waals surface area (Å²) >= 11 is 2.11. The molecule has 1 heterocycles. The van der Waals surface area contributed by atoms with Gasteiger partial charge in [-0.25, -0.2) is 0 Å². The van der Waals surface area contributed by atoms with Crippen molar-refractivity contribution in [3.05, 3.63) is 0 Å². The normalized spacial score (nSPS) is 19.2. The Hall–Kier alpha value is -0.130. The molecule has 0 aromatic heterocycles. The highest BCUT2D eigenvalue weighted by molar-refractivity contribution is 7.99. The monoisotopic (exact) mass is 239 g/mol. The predicted octanol–water partition coefficient (Wildman–Crippen LogP) is 3.30. The van der Waals surface area contributed by atoms with Crippen LogP contribution in [0.25, 0.3) is 0 Å². The van der Waals surface area contributed by atoms with Gasteiger partial charge in [0.15, 0.2) is 0 Å². The highest BCUT2D eigenvalue weighted by Gasteiger charge is 2.18. The molecule has 1 N–H and O–H groups in total. The van der Waals surface area contributed by atoms with Gasteiger partial charge in [-0.15, -0.1) is 12.3 Å². The molecule has 0 aliphatic carbocycles. The first kappa shape index (κ1) is 13.9. The fourth-order valence-electron chi connectivity index (χ4n) is 2.29. The first-order chi connectivity index (χ1) is 7.86. The molecule has 1 saturated heterocycles. The third kappa shape index (κ3) is 5.82. The quantitative estimate of drug-likeness (QED) is 0.684. The lowest BCUT2D eigenvalue weighted by Gasteiger charge is -2.26. The van der Waals surface area contributed by atoms with Gasteiger partial charge in [-0.2, -0.15) is 11.8 Å². The summed E-state index contributed by atoms with van der Waals surface area (Å²) in [5.41, 5.74) is 0. The van der Waals surface area contributed by atoms with Crippen LogP contribution in [0.2, 0.25) is 0 Å². The Balaban J connectivity index is 2.26. The summed E-state index contributed by atoms with van der Waals surface area (Å²) in [4.78, 5) is 0. The topological polar surface area (TPSA) is 12.0 Å². The van der Waals surface area contributed by atoms with E-state index in [9.17, 15) is 0 Å². The Labute approximate surface area is 105 Å². The molecule has 1 aliphatic heterocycles. The molecule has 16 heavy (non-hydrogen) atoms. The summed E-state index contributed by atoms with van der Waals surface area (Å²) < 4.78 is 0. The summed E-state index contributed by atoms with van der Waals surface area (Å²) in [5.74, 6) is 6.43. The van der Waals surface area contributed by atoms with Crippen LogP contribution in [0.15, 0.2) is 0 Å². The molecule has 0 aromatic rings. The second-order valence-corrected chi connectivity index (χ2v) is 5.91. The van der Waals surface area contributed by atoms with Gasteiger partial charge < -0.3 is 5.32 Å². The van der Waals surface area contributed by atoms with Crippen molar-refractivity contribution in [2.75, 3.05) is 18.1 Å². The van der Waals surface area contributed by atoms with Gasteiger partial charge in [0.25, 0.3) is 0 Å². The summed E-state index contributed by atoms with van der Waals surface area (Å²) in [7, 11) is 0. The molecule has 0 bridgehead atoms. The van der Waals surface area contributed by atoms with Crippen LogP contribution in [0.3, 0.4) is 0 Å². The fourth-order valence-corrected chi connectivity index (χ4v) is 3.50. The van der Waals surface area contributed by atoms with E-state index >= 15 is 0 Å². The molecule has 1 aliphatic rings. The average Bonchev–Trinajstić information content (AvgIpc) is 2.34. The van der Waals surface area contributed by atoms with Crippen LogP contribution in [0.1, 0.15) is 45.4 Å². The van der Waals surface area contributed by atoms with Gasteiger partial charge in [0.2, 0.25) is 0 Å².